The normalized spacial score (nSPS) is 19.8. The van der Waals surface area contributed by atoms with Gasteiger partial charge in [-0.2, -0.15) is 4.99 Å². The predicted octanol–water partition coefficient (Wildman–Crippen LogP) is -1.58. The van der Waals surface area contributed by atoms with E-state index < -0.39 is 5.66 Å². The molecule has 3 rings (SSSR count). The zero-order valence-corrected chi connectivity index (χ0v) is 12.7. The molecule has 1 aliphatic carbocycles. The molecule has 21 heavy (non-hydrogen) atoms. The van der Waals surface area contributed by atoms with Crippen molar-refractivity contribution in [1.82, 2.24) is 0 Å². The molecule has 0 atom stereocenters. The number of benzene rings is 1. The first-order valence-electron chi connectivity index (χ1n) is 6.79. The largest absolute Gasteiger partial charge is 1.00 e. The molecule has 7 heteroatoms. The quantitative estimate of drug-likeness (QED) is 0.690. The van der Waals surface area contributed by atoms with Gasteiger partial charge in [0, 0.05) is 0 Å². The first-order valence-corrected chi connectivity index (χ1v) is 6.79. The number of methoxy groups -OCH3 is 1. The van der Waals surface area contributed by atoms with Gasteiger partial charge in [-0.1, -0.05) is 12.1 Å². The Hall–Kier alpha value is -1.95. The number of guanidine groups is 2. The smallest absolute Gasteiger partial charge is 0.220 e. The van der Waals surface area contributed by atoms with Gasteiger partial charge in [-0.05, 0) is 37.8 Å². The van der Waals surface area contributed by atoms with Crippen LogP contribution in [0, 0.1) is 0 Å². The highest BCUT2D eigenvalue weighted by Gasteiger charge is 2.44. The zero-order chi connectivity index (χ0) is 14.2. The minimum Gasteiger partial charge on any atom is -1.00 e. The highest BCUT2D eigenvalue weighted by atomic mass is 35.5. The number of ether oxygens (including phenoxy) is 1. The van der Waals surface area contributed by atoms with Crippen LogP contribution in [0.2, 0.25) is 0 Å². The van der Waals surface area contributed by atoms with E-state index in [-0.39, 0.29) is 18.4 Å². The van der Waals surface area contributed by atoms with Crippen molar-refractivity contribution in [3.63, 3.8) is 0 Å². The molecular formula is C14H19ClN5O-. The zero-order valence-electron chi connectivity index (χ0n) is 11.9. The van der Waals surface area contributed by atoms with Crippen molar-refractivity contribution in [2.24, 2.45) is 21.5 Å². The van der Waals surface area contributed by atoms with Crippen LogP contribution in [0.5, 0.6) is 5.75 Å². The van der Waals surface area contributed by atoms with E-state index in [1.807, 2.05) is 29.2 Å². The third kappa shape index (κ3) is 2.51. The Morgan fingerprint density at radius 3 is 2.52 bits per heavy atom. The maximum Gasteiger partial charge on any atom is 0.220 e. The molecular weight excluding hydrogens is 290 g/mol. The van der Waals surface area contributed by atoms with E-state index in [1.165, 1.54) is 0 Å². The summed E-state index contributed by atoms with van der Waals surface area (Å²) in [4.78, 5) is 10.7. The Labute approximate surface area is 130 Å². The molecule has 1 saturated carbocycles. The number of rotatable bonds is 2. The van der Waals surface area contributed by atoms with E-state index in [1.54, 1.807) is 7.11 Å². The number of hydrogen-bond acceptors (Lipinski definition) is 6. The van der Waals surface area contributed by atoms with Gasteiger partial charge in [0.1, 0.15) is 11.4 Å². The van der Waals surface area contributed by atoms with E-state index in [0.717, 1.165) is 37.1 Å². The van der Waals surface area contributed by atoms with Crippen molar-refractivity contribution in [2.75, 3.05) is 12.0 Å². The van der Waals surface area contributed by atoms with Crippen LogP contribution in [0.25, 0.3) is 0 Å². The molecule has 1 aromatic rings. The topological polar surface area (TPSA) is 89.2 Å². The predicted molar refractivity (Wildman–Crippen MR) is 79.9 cm³/mol. The Kier molecular flexibility index (Phi) is 4.27. The number of nitrogens with zero attached hydrogens (tertiary/aromatic N) is 3. The molecule has 1 heterocycles. The van der Waals surface area contributed by atoms with Crippen LogP contribution in [0.4, 0.5) is 5.69 Å². The number of nitrogens with two attached hydrogens (primary N) is 2. The molecule has 114 valence electrons. The van der Waals surface area contributed by atoms with Crippen LogP contribution >= 0.6 is 0 Å². The van der Waals surface area contributed by atoms with Gasteiger partial charge in [-0.25, -0.2) is 4.99 Å². The van der Waals surface area contributed by atoms with Crippen LogP contribution in [0.15, 0.2) is 34.3 Å². The number of anilines is 1. The second kappa shape index (κ2) is 5.81. The molecule has 1 aromatic carbocycles. The Morgan fingerprint density at radius 2 is 1.86 bits per heavy atom. The van der Waals surface area contributed by atoms with E-state index >= 15 is 0 Å². The molecule has 0 bridgehead atoms. The molecule has 1 fully saturated rings. The summed E-state index contributed by atoms with van der Waals surface area (Å²) < 4.78 is 5.44. The Bertz CT molecular complexity index is 580. The minimum atomic E-state index is -0.412. The summed E-state index contributed by atoms with van der Waals surface area (Å²) in [6, 6.07) is 7.76. The number of aliphatic imine (C=N–C) groups is 2. The van der Waals surface area contributed by atoms with Crippen LogP contribution in [-0.2, 0) is 0 Å². The van der Waals surface area contributed by atoms with E-state index in [0.29, 0.717) is 5.96 Å². The monoisotopic (exact) mass is 308 g/mol. The first-order chi connectivity index (χ1) is 9.66. The summed E-state index contributed by atoms with van der Waals surface area (Å²) in [6.45, 7) is 0. The fraction of sp³-hybridized carbons (Fsp3) is 0.429. The van der Waals surface area contributed by atoms with Crippen molar-refractivity contribution >= 4 is 17.6 Å². The lowest BCUT2D eigenvalue weighted by Gasteiger charge is -2.41. The lowest BCUT2D eigenvalue weighted by Crippen LogP contribution is -3.00. The van der Waals surface area contributed by atoms with Crippen molar-refractivity contribution < 1.29 is 17.1 Å². The number of para-hydroxylation sites is 2. The van der Waals surface area contributed by atoms with Crippen LogP contribution in [-0.4, -0.2) is 24.7 Å². The number of halogens is 1. The summed E-state index contributed by atoms with van der Waals surface area (Å²) in [5, 5.41) is 0. The second-order valence-electron chi connectivity index (χ2n) is 5.14. The van der Waals surface area contributed by atoms with Crippen molar-refractivity contribution in [3.8, 4) is 5.75 Å². The highest BCUT2D eigenvalue weighted by Crippen LogP contribution is 2.43. The van der Waals surface area contributed by atoms with Gasteiger partial charge in [-0.3, -0.25) is 4.90 Å². The van der Waals surface area contributed by atoms with Gasteiger partial charge in [-0.15, -0.1) is 0 Å². The summed E-state index contributed by atoms with van der Waals surface area (Å²) in [5.74, 6) is 1.40. The van der Waals surface area contributed by atoms with Gasteiger partial charge in [0.05, 0.1) is 12.8 Å². The van der Waals surface area contributed by atoms with E-state index in [4.69, 9.17) is 16.2 Å². The third-order valence-electron chi connectivity index (χ3n) is 3.93. The molecule has 6 nitrogen and oxygen atoms in total. The summed E-state index contributed by atoms with van der Waals surface area (Å²) in [5.41, 5.74) is 12.4. The van der Waals surface area contributed by atoms with E-state index in [2.05, 4.69) is 9.98 Å². The lowest BCUT2D eigenvalue weighted by molar-refractivity contribution is -0.00000503. The molecule has 0 radical (unpaired) electrons. The molecule has 0 saturated heterocycles. The SMILES string of the molecule is COc1ccccc1N1C(N)=NC(N)=NC12CCCC2.[Cl-]. The fourth-order valence-electron chi connectivity index (χ4n) is 3.11. The average Bonchev–Trinajstić information content (AvgIpc) is 2.87. The molecule has 4 N–H and O–H groups in total. The fourth-order valence-corrected chi connectivity index (χ4v) is 3.11. The summed E-state index contributed by atoms with van der Waals surface area (Å²) in [6.07, 6.45) is 4.05. The molecule has 1 aliphatic heterocycles. The maximum atomic E-state index is 6.14. The van der Waals surface area contributed by atoms with Gasteiger partial charge < -0.3 is 28.6 Å². The molecule has 1 spiro atoms. The van der Waals surface area contributed by atoms with Crippen molar-refractivity contribution in [3.05, 3.63) is 24.3 Å². The standard InChI is InChI=1S/C14H19N5O.ClH/c1-20-11-7-3-2-6-10(11)19-13(16)17-12(15)18-14(19)8-4-5-9-14;/h2-3,6-7H,4-5,8-9H2,1H3,(H4,15,16,17,18);1H/p-1. The van der Waals surface area contributed by atoms with Gasteiger partial charge in [0.2, 0.25) is 11.9 Å². The Balaban J connectivity index is 0.00000161. The minimum absolute atomic E-state index is 0. The summed E-state index contributed by atoms with van der Waals surface area (Å²) >= 11 is 0. The molecule has 0 unspecified atom stereocenters. The van der Waals surface area contributed by atoms with Crippen LogP contribution in [0.3, 0.4) is 0 Å². The van der Waals surface area contributed by atoms with Crippen molar-refractivity contribution in [1.29, 1.82) is 0 Å². The average molecular weight is 309 g/mol. The lowest BCUT2D eigenvalue weighted by atomic mass is 10.1. The van der Waals surface area contributed by atoms with Gasteiger partial charge in [0.15, 0.2) is 0 Å². The molecule has 0 amide bonds. The Morgan fingerprint density at radius 1 is 1.19 bits per heavy atom. The van der Waals surface area contributed by atoms with Crippen LogP contribution in [0.1, 0.15) is 25.7 Å². The molecule has 2 aliphatic rings. The first kappa shape index (κ1) is 15.4. The second-order valence-corrected chi connectivity index (χ2v) is 5.14. The highest BCUT2D eigenvalue weighted by molar-refractivity contribution is 6.06. The van der Waals surface area contributed by atoms with Gasteiger partial charge in [0.25, 0.3) is 0 Å². The van der Waals surface area contributed by atoms with Crippen LogP contribution < -0.4 is 33.5 Å². The third-order valence-corrected chi connectivity index (χ3v) is 3.93. The maximum absolute atomic E-state index is 6.14. The van der Waals surface area contributed by atoms with Crippen molar-refractivity contribution in [2.45, 2.75) is 31.3 Å². The van der Waals surface area contributed by atoms with Gasteiger partial charge >= 0.3 is 0 Å². The summed E-state index contributed by atoms with van der Waals surface area (Å²) in [7, 11) is 1.65. The van der Waals surface area contributed by atoms with E-state index in [9.17, 15) is 0 Å². The molecule has 0 aromatic heterocycles. The number of hydrogen-bond donors (Lipinski definition) is 2.